The van der Waals surface area contributed by atoms with Crippen molar-refractivity contribution in [3.8, 4) is 11.7 Å². The lowest BCUT2D eigenvalue weighted by atomic mass is 10.2. The Hall–Kier alpha value is -3.22. The van der Waals surface area contributed by atoms with Crippen molar-refractivity contribution in [2.75, 3.05) is 12.4 Å². The van der Waals surface area contributed by atoms with E-state index in [1.807, 2.05) is 20.8 Å². The number of methoxy groups -OCH3 is 1. The molecule has 1 amide bonds. The van der Waals surface area contributed by atoms with Crippen molar-refractivity contribution in [1.29, 1.82) is 0 Å². The lowest BCUT2D eigenvalue weighted by Crippen LogP contribution is -2.13. The maximum atomic E-state index is 12.2. The van der Waals surface area contributed by atoms with Gasteiger partial charge >= 0.3 is 0 Å². The van der Waals surface area contributed by atoms with Crippen LogP contribution in [0.25, 0.3) is 5.95 Å². The molecule has 3 aromatic rings. The summed E-state index contributed by atoms with van der Waals surface area (Å²) in [5.74, 6) is 0.932. The highest BCUT2D eigenvalue weighted by atomic mass is 16.5. The molecule has 25 heavy (non-hydrogen) atoms. The van der Waals surface area contributed by atoms with E-state index in [1.54, 1.807) is 48.5 Å². The van der Waals surface area contributed by atoms with Crippen molar-refractivity contribution in [2.45, 2.75) is 20.8 Å². The number of nitrogens with one attached hydrogen (secondary N) is 1. The van der Waals surface area contributed by atoms with Gasteiger partial charge in [-0.15, -0.1) is 0 Å². The first-order valence-electron chi connectivity index (χ1n) is 7.80. The number of aryl methyl sites for hydroxylation is 1. The van der Waals surface area contributed by atoms with E-state index >= 15 is 0 Å². The molecule has 2 aromatic heterocycles. The van der Waals surface area contributed by atoms with Crippen LogP contribution in [0.5, 0.6) is 5.75 Å². The van der Waals surface area contributed by atoms with Gasteiger partial charge in [0.15, 0.2) is 0 Å². The number of anilines is 1. The Bertz CT molecular complexity index is 898. The van der Waals surface area contributed by atoms with E-state index in [0.29, 0.717) is 22.9 Å². The van der Waals surface area contributed by atoms with Crippen molar-refractivity contribution >= 4 is 11.6 Å². The molecule has 3 rings (SSSR count). The van der Waals surface area contributed by atoms with Gasteiger partial charge in [0, 0.05) is 11.3 Å². The molecule has 0 aliphatic carbocycles. The summed E-state index contributed by atoms with van der Waals surface area (Å²) in [6.07, 6.45) is 3.13. The fraction of sp³-hybridized carbons (Fsp3) is 0.222. The summed E-state index contributed by atoms with van der Waals surface area (Å²) in [6, 6.07) is 6.86. The SMILES string of the molecule is COc1ccc(C(=O)Nc2cnc(-n3nc(C)c(C)c3C)nc2)cc1. The van der Waals surface area contributed by atoms with E-state index in [1.165, 1.54) is 0 Å². The number of hydrogen-bond donors (Lipinski definition) is 1. The van der Waals surface area contributed by atoms with Gasteiger partial charge < -0.3 is 10.1 Å². The predicted octanol–water partition coefficient (Wildman–Crippen LogP) is 2.85. The van der Waals surface area contributed by atoms with Crippen LogP contribution in [-0.4, -0.2) is 32.8 Å². The molecule has 0 aliphatic heterocycles. The van der Waals surface area contributed by atoms with Crippen molar-refractivity contribution in [2.24, 2.45) is 0 Å². The Balaban J connectivity index is 1.75. The summed E-state index contributed by atoms with van der Waals surface area (Å²) < 4.78 is 6.78. The first-order valence-corrected chi connectivity index (χ1v) is 7.80. The quantitative estimate of drug-likeness (QED) is 0.791. The van der Waals surface area contributed by atoms with Crippen molar-refractivity contribution in [3.63, 3.8) is 0 Å². The van der Waals surface area contributed by atoms with Crippen LogP contribution in [0.1, 0.15) is 27.3 Å². The molecule has 0 saturated heterocycles. The normalized spacial score (nSPS) is 10.6. The third-order valence-corrected chi connectivity index (χ3v) is 4.09. The first-order chi connectivity index (χ1) is 12.0. The number of carbonyl (C=O) groups excluding carboxylic acids is 1. The van der Waals surface area contributed by atoms with Gasteiger partial charge in [0.2, 0.25) is 0 Å². The number of aromatic nitrogens is 4. The minimum atomic E-state index is -0.235. The molecule has 1 N–H and O–H groups in total. The van der Waals surface area contributed by atoms with E-state index in [-0.39, 0.29) is 5.91 Å². The molecule has 0 unspecified atom stereocenters. The highest BCUT2D eigenvalue weighted by Crippen LogP contribution is 2.16. The van der Waals surface area contributed by atoms with Gasteiger partial charge in [0.05, 0.1) is 30.9 Å². The highest BCUT2D eigenvalue weighted by Gasteiger charge is 2.12. The second kappa shape index (κ2) is 6.72. The van der Waals surface area contributed by atoms with Crippen LogP contribution in [0.2, 0.25) is 0 Å². The molecule has 0 radical (unpaired) electrons. The summed E-state index contributed by atoms with van der Waals surface area (Å²) in [4.78, 5) is 20.8. The van der Waals surface area contributed by atoms with Gasteiger partial charge in [0.1, 0.15) is 5.75 Å². The fourth-order valence-corrected chi connectivity index (χ4v) is 2.36. The number of nitrogens with zero attached hydrogens (tertiary/aromatic N) is 4. The molecular weight excluding hydrogens is 318 g/mol. The van der Waals surface area contributed by atoms with E-state index in [9.17, 15) is 4.79 Å². The number of amides is 1. The van der Waals surface area contributed by atoms with Crippen LogP contribution in [0, 0.1) is 20.8 Å². The Morgan fingerprint density at radius 3 is 2.24 bits per heavy atom. The topological polar surface area (TPSA) is 81.9 Å². The second-order valence-corrected chi connectivity index (χ2v) is 5.66. The monoisotopic (exact) mass is 337 g/mol. The van der Waals surface area contributed by atoms with Crippen LogP contribution in [0.4, 0.5) is 5.69 Å². The lowest BCUT2D eigenvalue weighted by Gasteiger charge is -2.07. The molecule has 128 valence electrons. The minimum absolute atomic E-state index is 0.235. The molecule has 0 aliphatic rings. The molecule has 7 heteroatoms. The fourth-order valence-electron chi connectivity index (χ4n) is 2.36. The number of hydrogen-bond acceptors (Lipinski definition) is 5. The van der Waals surface area contributed by atoms with Crippen LogP contribution in [0.15, 0.2) is 36.7 Å². The predicted molar refractivity (Wildman–Crippen MR) is 94.3 cm³/mol. The molecular formula is C18H19N5O2. The summed E-state index contributed by atoms with van der Waals surface area (Å²) in [5.41, 5.74) is 4.09. The van der Waals surface area contributed by atoms with Crippen molar-refractivity contribution < 1.29 is 9.53 Å². The molecule has 0 atom stereocenters. The molecule has 0 fully saturated rings. The maximum absolute atomic E-state index is 12.2. The van der Waals surface area contributed by atoms with E-state index < -0.39 is 0 Å². The molecule has 7 nitrogen and oxygen atoms in total. The number of ether oxygens (including phenoxy) is 1. The molecule has 0 saturated carbocycles. The zero-order valence-corrected chi connectivity index (χ0v) is 14.6. The molecule has 2 heterocycles. The van der Waals surface area contributed by atoms with Crippen LogP contribution < -0.4 is 10.1 Å². The van der Waals surface area contributed by atoms with Gasteiger partial charge in [0.25, 0.3) is 11.9 Å². The standard InChI is InChI=1S/C18H19N5O2/c1-11-12(2)22-23(13(11)3)18-19-9-15(10-20-18)21-17(24)14-5-7-16(25-4)8-6-14/h5-10H,1-4H3,(H,21,24). The minimum Gasteiger partial charge on any atom is -0.497 e. The number of benzene rings is 1. The third kappa shape index (κ3) is 3.35. The molecule has 0 bridgehead atoms. The summed E-state index contributed by atoms with van der Waals surface area (Å²) >= 11 is 0. The molecule has 0 spiro atoms. The maximum Gasteiger partial charge on any atom is 0.255 e. The Morgan fingerprint density at radius 2 is 1.72 bits per heavy atom. The molecule has 1 aromatic carbocycles. The Kier molecular flexibility index (Phi) is 4.47. The highest BCUT2D eigenvalue weighted by molar-refractivity contribution is 6.04. The zero-order chi connectivity index (χ0) is 18.0. The number of rotatable bonds is 4. The van der Waals surface area contributed by atoms with Crippen molar-refractivity contribution in [1.82, 2.24) is 19.7 Å². The van der Waals surface area contributed by atoms with E-state index in [2.05, 4.69) is 20.4 Å². The third-order valence-electron chi connectivity index (χ3n) is 4.09. The Morgan fingerprint density at radius 1 is 1.08 bits per heavy atom. The Labute approximate surface area is 145 Å². The van der Waals surface area contributed by atoms with Crippen LogP contribution in [0.3, 0.4) is 0 Å². The van der Waals surface area contributed by atoms with Gasteiger partial charge in [-0.05, 0) is 50.6 Å². The van der Waals surface area contributed by atoms with Crippen molar-refractivity contribution in [3.05, 3.63) is 59.2 Å². The zero-order valence-electron chi connectivity index (χ0n) is 14.6. The van der Waals surface area contributed by atoms with Gasteiger partial charge in [-0.1, -0.05) is 0 Å². The smallest absolute Gasteiger partial charge is 0.255 e. The average molecular weight is 337 g/mol. The number of carbonyl (C=O) groups is 1. The van der Waals surface area contributed by atoms with Gasteiger partial charge in [-0.3, -0.25) is 4.79 Å². The lowest BCUT2D eigenvalue weighted by molar-refractivity contribution is 0.102. The van der Waals surface area contributed by atoms with E-state index in [0.717, 1.165) is 17.0 Å². The summed E-state index contributed by atoms with van der Waals surface area (Å²) in [5, 5.41) is 7.20. The van der Waals surface area contributed by atoms with E-state index in [4.69, 9.17) is 4.74 Å². The summed E-state index contributed by atoms with van der Waals surface area (Å²) in [7, 11) is 1.58. The average Bonchev–Trinajstić information content (AvgIpc) is 2.90. The first kappa shape index (κ1) is 16.6. The van der Waals surface area contributed by atoms with Crippen LogP contribution >= 0.6 is 0 Å². The summed E-state index contributed by atoms with van der Waals surface area (Å²) in [6.45, 7) is 5.93. The van der Waals surface area contributed by atoms with Gasteiger partial charge in [-0.2, -0.15) is 5.10 Å². The van der Waals surface area contributed by atoms with Gasteiger partial charge in [-0.25, -0.2) is 14.6 Å². The second-order valence-electron chi connectivity index (χ2n) is 5.66. The van der Waals surface area contributed by atoms with Crippen LogP contribution in [-0.2, 0) is 0 Å². The largest absolute Gasteiger partial charge is 0.497 e.